The van der Waals surface area contributed by atoms with E-state index < -0.39 is 0 Å². The summed E-state index contributed by atoms with van der Waals surface area (Å²) in [6, 6.07) is 0.413. The van der Waals surface area contributed by atoms with Crippen LogP contribution >= 0.6 is 0 Å². The summed E-state index contributed by atoms with van der Waals surface area (Å²) >= 11 is 0. The van der Waals surface area contributed by atoms with Crippen LogP contribution in [0.1, 0.15) is 32.6 Å². The molecule has 1 saturated carbocycles. The van der Waals surface area contributed by atoms with Crippen molar-refractivity contribution in [3.05, 3.63) is 0 Å². The van der Waals surface area contributed by atoms with Crippen molar-refractivity contribution in [3.63, 3.8) is 0 Å². The first kappa shape index (κ1) is 10.4. The second-order valence-corrected chi connectivity index (χ2v) is 4.62. The lowest BCUT2D eigenvalue weighted by molar-refractivity contribution is -0.0792. The molecule has 0 radical (unpaired) electrons. The molecule has 2 rings (SSSR count). The highest BCUT2D eigenvalue weighted by Crippen LogP contribution is 2.25. The fourth-order valence-corrected chi connectivity index (χ4v) is 2.35. The number of piperidine rings is 1. The van der Waals surface area contributed by atoms with Crippen molar-refractivity contribution in [2.75, 3.05) is 19.6 Å². The molecule has 1 heterocycles. The maximum atomic E-state index is 5.98. The van der Waals surface area contributed by atoms with Crippen LogP contribution in [-0.2, 0) is 4.74 Å². The molecule has 0 aromatic heterocycles. The van der Waals surface area contributed by atoms with Crippen LogP contribution in [0, 0.1) is 0 Å². The Balaban J connectivity index is 1.64. The Bertz CT molecular complexity index is 172. The Morgan fingerprint density at radius 1 is 1.21 bits per heavy atom. The molecule has 1 aliphatic heterocycles. The van der Waals surface area contributed by atoms with E-state index in [4.69, 9.17) is 10.5 Å². The Morgan fingerprint density at radius 3 is 2.36 bits per heavy atom. The smallest absolute Gasteiger partial charge is 0.0608 e. The van der Waals surface area contributed by atoms with Crippen LogP contribution in [0.3, 0.4) is 0 Å². The molecular weight excluding hydrogens is 176 g/mol. The minimum Gasteiger partial charge on any atom is -0.375 e. The molecule has 0 amide bonds. The van der Waals surface area contributed by atoms with Gasteiger partial charge in [0.25, 0.3) is 0 Å². The zero-order valence-electron chi connectivity index (χ0n) is 9.11. The summed E-state index contributed by atoms with van der Waals surface area (Å²) < 4.78 is 5.98. The van der Waals surface area contributed by atoms with Gasteiger partial charge >= 0.3 is 0 Å². The number of nitrogens with zero attached hydrogens (tertiary/aromatic N) is 1. The Hall–Kier alpha value is -0.120. The van der Waals surface area contributed by atoms with E-state index in [9.17, 15) is 0 Å². The summed E-state index contributed by atoms with van der Waals surface area (Å²) in [5, 5.41) is 0. The summed E-state index contributed by atoms with van der Waals surface area (Å²) in [6.07, 6.45) is 5.56. The molecule has 0 spiro atoms. The minimum absolute atomic E-state index is 0.413. The van der Waals surface area contributed by atoms with Gasteiger partial charge in [-0.05, 0) is 32.2 Å². The van der Waals surface area contributed by atoms with Gasteiger partial charge in [0.2, 0.25) is 0 Å². The molecule has 14 heavy (non-hydrogen) atoms. The average molecular weight is 198 g/mol. The molecule has 2 N–H and O–H groups in total. The third-order valence-corrected chi connectivity index (χ3v) is 3.50. The Morgan fingerprint density at radius 2 is 1.86 bits per heavy atom. The number of likely N-dealkylation sites (tertiary alicyclic amines) is 1. The first-order chi connectivity index (χ1) is 6.78. The van der Waals surface area contributed by atoms with Crippen LogP contribution in [-0.4, -0.2) is 42.8 Å². The van der Waals surface area contributed by atoms with Crippen molar-refractivity contribution in [1.29, 1.82) is 0 Å². The van der Waals surface area contributed by atoms with Crippen molar-refractivity contribution >= 4 is 0 Å². The van der Waals surface area contributed by atoms with Crippen molar-refractivity contribution in [2.45, 2.75) is 50.9 Å². The molecular formula is C11H22N2O. The van der Waals surface area contributed by atoms with Crippen molar-refractivity contribution < 1.29 is 4.74 Å². The van der Waals surface area contributed by atoms with Gasteiger partial charge in [0.05, 0.1) is 12.2 Å². The van der Waals surface area contributed by atoms with Gasteiger partial charge in [-0.2, -0.15) is 0 Å². The molecule has 2 aliphatic rings. The highest BCUT2D eigenvalue weighted by Gasteiger charge is 2.30. The zero-order valence-corrected chi connectivity index (χ0v) is 9.11. The lowest BCUT2D eigenvalue weighted by Crippen LogP contribution is -2.45. The molecule has 0 aromatic rings. The van der Waals surface area contributed by atoms with E-state index in [1.54, 1.807) is 0 Å². The van der Waals surface area contributed by atoms with Crippen molar-refractivity contribution in [1.82, 2.24) is 4.90 Å². The first-order valence-electron chi connectivity index (χ1n) is 5.91. The maximum absolute atomic E-state index is 5.98. The summed E-state index contributed by atoms with van der Waals surface area (Å²) in [7, 11) is 0. The van der Waals surface area contributed by atoms with E-state index in [1.807, 2.05) is 0 Å². The van der Waals surface area contributed by atoms with Gasteiger partial charge in [0.15, 0.2) is 0 Å². The Kier molecular flexibility index (Phi) is 3.42. The minimum atomic E-state index is 0.413. The van der Waals surface area contributed by atoms with E-state index in [-0.39, 0.29) is 0 Å². The van der Waals surface area contributed by atoms with Gasteiger partial charge in [0, 0.05) is 19.1 Å². The standard InChI is InChI=1S/C11H22N2O/c1-2-13-5-3-10(4-6-13)14-11-7-9(12)8-11/h9-11H,2-8,12H2,1H3. The number of hydrogen-bond acceptors (Lipinski definition) is 3. The van der Waals surface area contributed by atoms with Gasteiger partial charge in [-0.3, -0.25) is 0 Å². The van der Waals surface area contributed by atoms with E-state index >= 15 is 0 Å². The molecule has 0 bridgehead atoms. The quantitative estimate of drug-likeness (QED) is 0.734. The third kappa shape index (κ3) is 2.47. The molecule has 3 nitrogen and oxygen atoms in total. The SMILES string of the molecule is CCN1CCC(OC2CC(N)C2)CC1. The lowest BCUT2D eigenvalue weighted by atomic mass is 9.90. The van der Waals surface area contributed by atoms with Crippen LogP contribution in [0.2, 0.25) is 0 Å². The van der Waals surface area contributed by atoms with E-state index in [0.29, 0.717) is 18.2 Å². The normalized spacial score (nSPS) is 35.6. The summed E-state index contributed by atoms with van der Waals surface area (Å²) in [4.78, 5) is 2.49. The van der Waals surface area contributed by atoms with Gasteiger partial charge in [-0.1, -0.05) is 6.92 Å². The molecule has 0 aromatic carbocycles. The van der Waals surface area contributed by atoms with Gasteiger partial charge < -0.3 is 15.4 Å². The predicted octanol–water partition coefficient (Wildman–Crippen LogP) is 0.977. The number of ether oxygens (including phenoxy) is 1. The second kappa shape index (κ2) is 4.60. The highest BCUT2D eigenvalue weighted by molar-refractivity contribution is 4.84. The van der Waals surface area contributed by atoms with Gasteiger partial charge in [-0.25, -0.2) is 0 Å². The maximum Gasteiger partial charge on any atom is 0.0608 e. The summed E-state index contributed by atoms with van der Waals surface area (Å²) in [5.41, 5.74) is 5.73. The third-order valence-electron chi connectivity index (χ3n) is 3.50. The molecule has 2 fully saturated rings. The Labute approximate surface area is 86.6 Å². The van der Waals surface area contributed by atoms with E-state index in [2.05, 4.69) is 11.8 Å². The van der Waals surface area contributed by atoms with Gasteiger partial charge in [-0.15, -0.1) is 0 Å². The number of rotatable bonds is 3. The molecule has 0 atom stereocenters. The van der Waals surface area contributed by atoms with Crippen molar-refractivity contribution in [3.8, 4) is 0 Å². The van der Waals surface area contributed by atoms with Crippen LogP contribution in [0.4, 0.5) is 0 Å². The van der Waals surface area contributed by atoms with E-state index in [0.717, 1.165) is 12.8 Å². The monoisotopic (exact) mass is 198 g/mol. The predicted molar refractivity (Wildman–Crippen MR) is 57.2 cm³/mol. The molecule has 0 unspecified atom stereocenters. The van der Waals surface area contributed by atoms with Crippen LogP contribution < -0.4 is 5.73 Å². The molecule has 1 aliphatic carbocycles. The number of nitrogens with two attached hydrogens (primary N) is 1. The molecule has 82 valence electrons. The molecule has 1 saturated heterocycles. The first-order valence-corrected chi connectivity index (χ1v) is 5.91. The summed E-state index contributed by atoms with van der Waals surface area (Å²) in [5.74, 6) is 0. The van der Waals surface area contributed by atoms with Gasteiger partial charge in [0.1, 0.15) is 0 Å². The van der Waals surface area contributed by atoms with Crippen LogP contribution in [0.5, 0.6) is 0 Å². The fourth-order valence-electron chi connectivity index (χ4n) is 2.35. The average Bonchev–Trinajstić information content (AvgIpc) is 2.17. The van der Waals surface area contributed by atoms with Crippen molar-refractivity contribution in [2.24, 2.45) is 5.73 Å². The molecule has 3 heteroatoms. The largest absolute Gasteiger partial charge is 0.375 e. The second-order valence-electron chi connectivity index (χ2n) is 4.62. The van der Waals surface area contributed by atoms with Crippen LogP contribution in [0.15, 0.2) is 0 Å². The van der Waals surface area contributed by atoms with Crippen LogP contribution in [0.25, 0.3) is 0 Å². The fraction of sp³-hybridized carbons (Fsp3) is 1.00. The van der Waals surface area contributed by atoms with E-state index in [1.165, 1.54) is 32.5 Å². The summed E-state index contributed by atoms with van der Waals surface area (Å²) in [6.45, 7) is 5.83. The lowest BCUT2D eigenvalue weighted by Gasteiger charge is -2.38. The topological polar surface area (TPSA) is 38.5 Å². The highest BCUT2D eigenvalue weighted by atomic mass is 16.5. The zero-order chi connectivity index (χ0) is 9.97. The number of hydrogen-bond donors (Lipinski definition) is 1.